The maximum atomic E-state index is 5.34. The molecule has 2 heterocycles. The van der Waals surface area contributed by atoms with Crippen LogP contribution in [0.1, 0.15) is 0 Å². The van der Waals surface area contributed by atoms with Crippen molar-refractivity contribution in [2.75, 3.05) is 5.73 Å². The largest absolute Gasteiger partial charge is 0.368 e. The zero-order valence-electron chi connectivity index (χ0n) is 6.14. The highest BCUT2D eigenvalue weighted by Gasteiger charge is 2.03. The van der Waals surface area contributed by atoms with Gasteiger partial charge in [0.25, 0.3) is 0 Å². The molecule has 0 saturated heterocycles. The van der Waals surface area contributed by atoms with Crippen LogP contribution in [0.4, 0.5) is 5.88 Å². The molecule has 2 rings (SSSR count). The fraction of sp³-hybridized carbons (Fsp3) is 0. The first-order valence-electron chi connectivity index (χ1n) is 3.35. The third-order valence-corrected chi connectivity index (χ3v) is 1.35. The van der Waals surface area contributed by atoms with Crippen molar-refractivity contribution in [3.8, 4) is 11.4 Å². The van der Waals surface area contributed by atoms with E-state index in [9.17, 15) is 0 Å². The summed E-state index contributed by atoms with van der Waals surface area (Å²) in [7, 11) is 0. The zero-order chi connectivity index (χ0) is 8.39. The molecule has 0 aliphatic heterocycles. The summed E-state index contributed by atoms with van der Waals surface area (Å²) in [4.78, 5) is 7.91. The SMILES string of the molecule is Nc1cc(-c2cnccn2)no1. The molecular weight excluding hydrogens is 156 g/mol. The van der Waals surface area contributed by atoms with Crippen molar-refractivity contribution in [3.05, 3.63) is 24.7 Å². The molecule has 12 heavy (non-hydrogen) atoms. The van der Waals surface area contributed by atoms with Crippen molar-refractivity contribution in [3.63, 3.8) is 0 Å². The molecule has 0 bridgehead atoms. The van der Waals surface area contributed by atoms with Crippen molar-refractivity contribution in [2.45, 2.75) is 0 Å². The summed E-state index contributed by atoms with van der Waals surface area (Å²) < 4.78 is 4.68. The Morgan fingerprint density at radius 2 is 2.17 bits per heavy atom. The smallest absolute Gasteiger partial charge is 0.222 e. The Kier molecular flexibility index (Phi) is 1.48. The van der Waals surface area contributed by atoms with Crippen LogP contribution in [0.15, 0.2) is 29.2 Å². The Bertz CT molecular complexity index is 370. The van der Waals surface area contributed by atoms with Gasteiger partial charge in [-0.05, 0) is 0 Å². The molecule has 0 radical (unpaired) electrons. The molecule has 0 spiro atoms. The number of nitrogen functional groups attached to an aromatic ring is 1. The number of hydrogen-bond acceptors (Lipinski definition) is 5. The van der Waals surface area contributed by atoms with Crippen molar-refractivity contribution in [1.82, 2.24) is 15.1 Å². The molecular formula is C7H6N4O. The molecule has 2 N–H and O–H groups in total. The molecule has 2 aromatic rings. The summed E-state index contributed by atoms with van der Waals surface area (Å²) in [5.41, 5.74) is 6.59. The quantitative estimate of drug-likeness (QED) is 0.668. The van der Waals surface area contributed by atoms with Crippen molar-refractivity contribution in [2.24, 2.45) is 0 Å². The van der Waals surface area contributed by atoms with Gasteiger partial charge in [0.1, 0.15) is 11.4 Å². The van der Waals surface area contributed by atoms with Crippen LogP contribution in [0.5, 0.6) is 0 Å². The number of anilines is 1. The van der Waals surface area contributed by atoms with E-state index in [2.05, 4.69) is 19.6 Å². The van der Waals surface area contributed by atoms with Crippen LogP contribution in [-0.4, -0.2) is 15.1 Å². The summed E-state index contributed by atoms with van der Waals surface area (Å²) in [5.74, 6) is 0.274. The monoisotopic (exact) mass is 162 g/mol. The van der Waals surface area contributed by atoms with Gasteiger partial charge in [-0.3, -0.25) is 9.97 Å². The zero-order valence-corrected chi connectivity index (χ0v) is 6.14. The highest BCUT2D eigenvalue weighted by atomic mass is 16.5. The maximum absolute atomic E-state index is 5.34. The van der Waals surface area contributed by atoms with E-state index in [1.807, 2.05) is 0 Å². The Morgan fingerprint density at radius 3 is 2.75 bits per heavy atom. The molecule has 5 heteroatoms. The van der Waals surface area contributed by atoms with Gasteiger partial charge >= 0.3 is 0 Å². The maximum Gasteiger partial charge on any atom is 0.222 e. The van der Waals surface area contributed by atoms with Gasteiger partial charge < -0.3 is 10.3 Å². The van der Waals surface area contributed by atoms with Crippen LogP contribution in [0.2, 0.25) is 0 Å². The minimum atomic E-state index is 0.274. The fourth-order valence-electron chi connectivity index (χ4n) is 0.841. The Hall–Kier alpha value is -1.91. The first kappa shape index (κ1) is 6.78. The second kappa shape index (κ2) is 2.61. The third kappa shape index (κ3) is 1.12. The summed E-state index contributed by atoms with van der Waals surface area (Å²) in [6.45, 7) is 0. The number of rotatable bonds is 1. The predicted octanol–water partition coefficient (Wildman–Crippen LogP) is 0.714. The molecule has 0 saturated carbocycles. The minimum Gasteiger partial charge on any atom is -0.368 e. The van der Waals surface area contributed by atoms with Crippen molar-refractivity contribution >= 4 is 5.88 Å². The molecule has 0 aliphatic carbocycles. The van der Waals surface area contributed by atoms with Gasteiger partial charge in [-0.25, -0.2) is 0 Å². The van der Waals surface area contributed by atoms with E-state index >= 15 is 0 Å². The van der Waals surface area contributed by atoms with Gasteiger partial charge in [-0.2, -0.15) is 0 Å². The Labute approximate surface area is 68.2 Å². The van der Waals surface area contributed by atoms with Gasteiger partial charge in [0.05, 0.1) is 6.20 Å². The molecule has 5 nitrogen and oxygen atoms in total. The summed E-state index contributed by atoms with van der Waals surface area (Å²) >= 11 is 0. The van der Waals surface area contributed by atoms with Gasteiger partial charge in [0.2, 0.25) is 5.88 Å². The summed E-state index contributed by atoms with van der Waals surface area (Å²) in [5, 5.41) is 3.68. The molecule has 0 fully saturated rings. The van der Waals surface area contributed by atoms with E-state index < -0.39 is 0 Å². The van der Waals surface area contributed by atoms with Crippen LogP contribution in [0.3, 0.4) is 0 Å². The van der Waals surface area contributed by atoms with Crippen molar-refractivity contribution in [1.29, 1.82) is 0 Å². The molecule has 0 aliphatic rings. The lowest BCUT2D eigenvalue weighted by atomic mass is 10.3. The summed E-state index contributed by atoms with van der Waals surface area (Å²) in [6, 6.07) is 1.60. The molecule has 0 atom stereocenters. The number of hydrogen-bond donors (Lipinski definition) is 1. The Morgan fingerprint density at radius 1 is 1.25 bits per heavy atom. The lowest BCUT2D eigenvalue weighted by molar-refractivity contribution is 0.439. The van der Waals surface area contributed by atoms with E-state index in [0.29, 0.717) is 11.4 Å². The van der Waals surface area contributed by atoms with Crippen LogP contribution in [-0.2, 0) is 0 Å². The second-order valence-corrected chi connectivity index (χ2v) is 2.21. The van der Waals surface area contributed by atoms with Crippen LogP contribution in [0.25, 0.3) is 11.4 Å². The van der Waals surface area contributed by atoms with Crippen molar-refractivity contribution < 1.29 is 4.52 Å². The average molecular weight is 162 g/mol. The average Bonchev–Trinajstić information content (AvgIpc) is 2.54. The number of nitrogens with zero attached hydrogens (tertiary/aromatic N) is 3. The second-order valence-electron chi connectivity index (χ2n) is 2.21. The molecule has 0 aromatic carbocycles. The first-order chi connectivity index (χ1) is 5.86. The fourth-order valence-corrected chi connectivity index (χ4v) is 0.841. The molecule has 2 aromatic heterocycles. The highest BCUT2D eigenvalue weighted by molar-refractivity contribution is 5.54. The van der Waals surface area contributed by atoms with Gasteiger partial charge in [0, 0.05) is 18.5 Å². The molecule has 0 amide bonds. The minimum absolute atomic E-state index is 0.274. The van der Waals surface area contributed by atoms with E-state index in [1.165, 1.54) is 0 Å². The van der Waals surface area contributed by atoms with E-state index in [0.717, 1.165) is 0 Å². The van der Waals surface area contributed by atoms with Crippen LogP contribution in [0, 0.1) is 0 Å². The standard InChI is InChI=1S/C7H6N4O/c8-7-3-5(11-12-7)6-4-9-1-2-10-6/h1-4H,8H2. The van der Waals surface area contributed by atoms with E-state index in [-0.39, 0.29) is 5.88 Å². The lowest BCUT2D eigenvalue weighted by Crippen LogP contribution is -1.83. The Balaban J connectivity index is 2.45. The number of nitrogens with two attached hydrogens (primary N) is 1. The summed E-state index contributed by atoms with van der Waals surface area (Å²) in [6.07, 6.45) is 4.77. The van der Waals surface area contributed by atoms with E-state index in [4.69, 9.17) is 5.73 Å². The van der Waals surface area contributed by atoms with E-state index in [1.54, 1.807) is 24.7 Å². The number of aromatic nitrogens is 3. The van der Waals surface area contributed by atoms with Gasteiger partial charge in [0.15, 0.2) is 0 Å². The highest BCUT2D eigenvalue weighted by Crippen LogP contribution is 2.15. The van der Waals surface area contributed by atoms with Gasteiger partial charge in [-0.15, -0.1) is 0 Å². The van der Waals surface area contributed by atoms with Crippen LogP contribution < -0.4 is 5.73 Å². The normalized spacial score (nSPS) is 10.0. The molecule has 0 unspecified atom stereocenters. The molecule has 60 valence electrons. The lowest BCUT2D eigenvalue weighted by Gasteiger charge is -1.89. The first-order valence-corrected chi connectivity index (χ1v) is 3.35. The third-order valence-electron chi connectivity index (χ3n) is 1.35. The topological polar surface area (TPSA) is 77.8 Å². The van der Waals surface area contributed by atoms with Gasteiger partial charge in [-0.1, -0.05) is 5.16 Å². The predicted molar refractivity (Wildman–Crippen MR) is 41.9 cm³/mol. The van der Waals surface area contributed by atoms with Crippen LogP contribution >= 0.6 is 0 Å².